The van der Waals surface area contributed by atoms with E-state index in [0.717, 1.165) is 17.7 Å². The third kappa shape index (κ3) is 0.931. The van der Waals surface area contributed by atoms with Crippen LogP contribution in [0.1, 0.15) is 36.8 Å². The van der Waals surface area contributed by atoms with Crippen LogP contribution in [0.2, 0.25) is 0 Å². The molecule has 1 heterocycles. The van der Waals surface area contributed by atoms with Crippen molar-refractivity contribution in [3.8, 4) is 5.75 Å². The number of piperidine rings is 1. The summed E-state index contributed by atoms with van der Waals surface area (Å²) < 4.78 is 5.47. The van der Waals surface area contributed by atoms with Crippen LogP contribution in [0.5, 0.6) is 5.75 Å². The SMILES string of the molecule is COc1ccc2c(c1)[C@@]13CCCC4(C1)[C@H]3[C@H](C2)N4C. The van der Waals surface area contributed by atoms with E-state index in [1.807, 2.05) is 0 Å². The van der Waals surface area contributed by atoms with Gasteiger partial charge in [0.1, 0.15) is 5.75 Å². The first-order valence-electron chi connectivity index (χ1n) is 7.62. The number of likely N-dealkylation sites (N-methyl/N-ethyl adjacent to an activating group) is 1. The maximum atomic E-state index is 5.47. The van der Waals surface area contributed by atoms with Crippen molar-refractivity contribution >= 4 is 0 Å². The van der Waals surface area contributed by atoms with E-state index in [1.165, 1.54) is 32.1 Å². The van der Waals surface area contributed by atoms with Crippen molar-refractivity contribution in [3.63, 3.8) is 0 Å². The Labute approximate surface area is 114 Å². The molecule has 0 amide bonds. The maximum Gasteiger partial charge on any atom is 0.119 e. The van der Waals surface area contributed by atoms with Gasteiger partial charge in [-0.1, -0.05) is 12.5 Å². The number of likely N-dealkylation sites (tertiary alicyclic amines) is 1. The number of hydrogen-bond donors (Lipinski definition) is 0. The van der Waals surface area contributed by atoms with Gasteiger partial charge in [0.25, 0.3) is 0 Å². The second kappa shape index (κ2) is 3.01. The Bertz CT molecular complexity index is 583. The van der Waals surface area contributed by atoms with E-state index in [-0.39, 0.29) is 0 Å². The van der Waals surface area contributed by atoms with Crippen LogP contribution in [-0.4, -0.2) is 30.6 Å². The molecule has 1 aliphatic heterocycles. The third-order valence-electron chi connectivity index (χ3n) is 6.90. The van der Waals surface area contributed by atoms with E-state index < -0.39 is 0 Å². The number of ether oxygens (including phenoxy) is 1. The lowest BCUT2D eigenvalue weighted by Crippen LogP contribution is -2.88. The maximum absolute atomic E-state index is 5.47. The Hall–Kier alpha value is -1.02. The Morgan fingerprint density at radius 1 is 1.32 bits per heavy atom. The van der Waals surface area contributed by atoms with Crippen molar-refractivity contribution in [1.82, 2.24) is 4.90 Å². The molecule has 19 heavy (non-hydrogen) atoms. The van der Waals surface area contributed by atoms with E-state index in [9.17, 15) is 0 Å². The topological polar surface area (TPSA) is 12.5 Å². The predicted molar refractivity (Wildman–Crippen MR) is 74.6 cm³/mol. The van der Waals surface area contributed by atoms with Crippen LogP contribution >= 0.6 is 0 Å². The van der Waals surface area contributed by atoms with E-state index >= 15 is 0 Å². The first kappa shape index (κ1) is 10.7. The van der Waals surface area contributed by atoms with Crippen LogP contribution in [0, 0.1) is 5.92 Å². The van der Waals surface area contributed by atoms with Crippen molar-refractivity contribution in [1.29, 1.82) is 0 Å². The van der Waals surface area contributed by atoms with Crippen molar-refractivity contribution in [3.05, 3.63) is 29.3 Å². The van der Waals surface area contributed by atoms with Gasteiger partial charge >= 0.3 is 0 Å². The zero-order valence-electron chi connectivity index (χ0n) is 11.8. The summed E-state index contributed by atoms with van der Waals surface area (Å²) in [6.45, 7) is 0. The highest BCUT2D eigenvalue weighted by atomic mass is 16.5. The molecule has 5 rings (SSSR count). The Kier molecular flexibility index (Phi) is 1.70. The Balaban J connectivity index is 1.70. The molecule has 1 aromatic carbocycles. The molecular weight excluding hydrogens is 234 g/mol. The third-order valence-corrected chi connectivity index (χ3v) is 6.90. The fraction of sp³-hybridized carbons (Fsp3) is 0.647. The van der Waals surface area contributed by atoms with Gasteiger partial charge in [-0.3, -0.25) is 4.90 Å². The van der Waals surface area contributed by atoms with Gasteiger partial charge < -0.3 is 4.74 Å². The zero-order valence-corrected chi connectivity index (χ0v) is 11.8. The molecule has 3 aliphatic carbocycles. The summed E-state index contributed by atoms with van der Waals surface area (Å²) in [6.07, 6.45) is 6.90. The molecule has 1 saturated heterocycles. The second-order valence-electron chi connectivity index (χ2n) is 7.17. The van der Waals surface area contributed by atoms with E-state index in [0.29, 0.717) is 11.0 Å². The minimum atomic E-state index is 0.511. The van der Waals surface area contributed by atoms with E-state index in [2.05, 4.69) is 30.1 Å². The van der Waals surface area contributed by atoms with E-state index in [1.54, 1.807) is 18.2 Å². The summed E-state index contributed by atoms with van der Waals surface area (Å²) in [4.78, 5) is 2.71. The highest BCUT2D eigenvalue weighted by Crippen LogP contribution is 2.75. The number of methoxy groups -OCH3 is 1. The molecule has 0 aromatic heterocycles. The van der Waals surface area contributed by atoms with Gasteiger partial charge in [0.15, 0.2) is 0 Å². The standard InChI is InChI=1S/C17H21NO/c1-18-14-8-11-4-5-12(19-2)9-13(11)16-6-3-7-17(18,10-16)15(14)16/h4-5,9,14-15H,3,6-8,10H2,1-2H3/t14-,15-,16+,17?/m0/s1. The summed E-state index contributed by atoms with van der Waals surface area (Å²) in [5, 5.41) is 0. The van der Waals surface area contributed by atoms with Gasteiger partial charge in [-0.15, -0.1) is 0 Å². The second-order valence-corrected chi connectivity index (χ2v) is 7.17. The molecule has 2 heteroatoms. The molecule has 2 saturated carbocycles. The molecule has 2 spiro atoms. The molecule has 4 aliphatic rings. The van der Waals surface area contributed by atoms with E-state index in [4.69, 9.17) is 4.74 Å². The Morgan fingerprint density at radius 2 is 2.21 bits per heavy atom. The van der Waals surface area contributed by atoms with Crippen LogP contribution in [0.25, 0.3) is 0 Å². The first-order valence-corrected chi connectivity index (χ1v) is 7.62. The molecule has 3 fully saturated rings. The highest BCUT2D eigenvalue weighted by molar-refractivity contribution is 5.52. The van der Waals surface area contributed by atoms with Crippen LogP contribution in [-0.2, 0) is 11.8 Å². The molecule has 100 valence electrons. The van der Waals surface area contributed by atoms with Crippen molar-refractivity contribution in [2.45, 2.75) is 49.1 Å². The summed E-state index contributed by atoms with van der Waals surface area (Å²) >= 11 is 0. The number of nitrogens with zero attached hydrogens (tertiary/aromatic N) is 1. The van der Waals surface area contributed by atoms with Gasteiger partial charge in [0, 0.05) is 22.9 Å². The summed E-state index contributed by atoms with van der Waals surface area (Å²) in [7, 11) is 4.15. The van der Waals surface area contributed by atoms with Gasteiger partial charge in [0.2, 0.25) is 0 Å². The van der Waals surface area contributed by atoms with Gasteiger partial charge in [-0.05, 0) is 56.0 Å². The lowest BCUT2D eigenvalue weighted by atomic mass is 9.32. The summed E-state index contributed by atoms with van der Waals surface area (Å²) in [6, 6.07) is 7.62. The van der Waals surface area contributed by atoms with Crippen LogP contribution in [0.4, 0.5) is 0 Å². The average molecular weight is 255 g/mol. The van der Waals surface area contributed by atoms with Crippen LogP contribution < -0.4 is 4.74 Å². The number of benzene rings is 1. The first-order chi connectivity index (χ1) is 9.21. The van der Waals surface area contributed by atoms with Gasteiger partial charge in [-0.2, -0.15) is 0 Å². The van der Waals surface area contributed by atoms with Crippen molar-refractivity contribution in [2.24, 2.45) is 5.92 Å². The fourth-order valence-corrected chi connectivity index (χ4v) is 6.27. The molecular formula is C17H21NO. The van der Waals surface area contributed by atoms with Gasteiger partial charge in [0.05, 0.1) is 7.11 Å². The minimum absolute atomic E-state index is 0.511. The number of hydrogen-bond acceptors (Lipinski definition) is 2. The fourth-order valence-electron chi connectivity index (χ4n) is 6.27. The predicted octanol–water partition coefficient (Wildman–Crippen LogP) is 2.75. The normalized spacial score (nSPS) is 45.6. The van der Waals surface area contributed by atoms with Gasteiger partial charge in [-0.25, -0.2) is 0 Å². The molecule has 1 aromatic rings. The summed E-state index contributed by atoms with van der Waals surface area (Å²) in [5.74, 6) is 1.99. The lowest BCUT2D eigenvalue weighted by Gasteiger charge is -2.82. The summed E-state index contributed by atoms with van der Waals surface area (Å²) in [5.41, 5.74) is 4.32. The Morgan fingerprint density at radius 3 is 3.05 bits per heavy atom. The lowest BCUT2D eigenvalue weighted by molar-refractivity contribution is -0.275. The smallest absolute Gasteiger partial charge is 0.119 e. The van der Waals surface area contributed by atoms with Crippen LogP contribution in [0.3, 0.4) is 0 Å². The van der Waals surface area contributed by atoms with Crippen molar-refractivity contribution < 1.29 is 4.74 Å². The zero-order chi connectivity index (χ0) is 12.8. The molecule has 4 atom stereocenters. The largest absolute Gasteiger partial charge is 0.497 e. The molecule has 2 bridgehead atoms. The quantitative estimate of drug-likeness (QED) is 0.765. The average Bonchev–Trinajstić information content (AvgIpc) is 2.45. The molecule has 0 radical (unpaired) electrons. The van der Waals surface area contributed by atoms with Crippen molar-refractivity contribution in [2.75, 3.05) is 14.2 Å². The minimum Gasteiger partial charge on any atom is -0.497 e. The monoisotopic (exact) mass is 255 g/mol. The molecule has 1 unspecified atom stereocenters. The molecule has 0 N–H and O–H groups in total. The number of rotatable bonds is 1. The van der Waals surface area contributed by atoms with Crippen LogP contribution in [0.15, 0.2) is 18.2 Å². The molecule has 2 nitrogen and oxygen atoms in total. The highest BCUT2D eigenvalue weighted by Gasteiger charge is 2.78. The number of fused-ring (bicyclic) bond motifs is 1.